The number of carbonyl (C=O) groups is 2. The molecule has 0 radical (unpaired) electrons. The van der Waals surface area contributed by atoms with Crippen LogP contribution >= 0.6 is 0 Å². The lowest BCUT2D eigenvalue weighted by Crippen LogP contribution is -2.50. The van der Waals surface area contributed by atoms with Crippen molar-refractivity contribution in [3.8, 4) is 17.2 Å². The Morgan fingerprint density at radius 1 is 0.902 bits per heavy atom. The molecular formula is C32H38N4O5. The molecule has 41 heavy (non-hydrogen) atoms. The van der Waals surface area contributed by atoms with E-state index in [1.54, 1.807) is 27.5 Å². The maximum absolute atomic E-state index is 13.1. The maximum Gasteiger partial charge on any atom is 0.253 e. The van der Waals surface area contributed by atoms with Gasteiger partial charge in [0.1, 0.15) is 11.6 Å². The lowest BCUT2D eigenvalue weighted by molar-refractivity contribution is 0.0922. The number of rotatable bonds is 9. The van der Waals surface area contributed by atoms with E-state index in [1.165, 1.54) is 0 Å². The van der Waals surface area contributed by atoms with Gasteiger partial charge in [-0.2, -0.15) is 0 Å². The fourth-order valence-electron chi connectivity index (χ4n) is 6.17. The molecule has 0 spiro atoms. The summed E-state index contributed by atoms with van der Waals surface area (Å²) in [7, 11) is 4.80. The van der Waals surface area contributed by atoms with Crippen LogP contribution in [0.25, 0.3) is 0 Å². The van der Waals surface area contributed by atoms with Crippen LogP contribution in [0.3, 0.4) is 0 Å². The molecule has 2 N–H and O–H groups in total. The fourth-order valence-corrected chi connectivity index (χ4v) is 6.17. The van der Waals surface area contributed by atoms with Crippen LogP contribution in [0.1, 0.15) is 70.5 Å². The van der Waals surface area contributed by atoms with Gasteiger partial charge in [-0.3, -0.25) is 9.59 Å². The average molecular weight is 559 g/mol. The SMILES string of the molecule is COc1ccc(C(C)NC(=O)c2ccc(N3C4CCC3CC(NC(=O)c3cccc(OC)c3C)C4)nc2)cc1OC. The van der Waals surface area contributed by atoms with E-state index in [1.807, 2.05) is 62.4 Å². The van der Waals surface area contributed by atoms with Gasteiger partial charge in [-0.25, -0.2) is 4.98 Å². The van der Waals surface area contributed by atoms with E-state index >= 15 is 0 Å². The van der Waals surface area contributed by atoms with Crippen LogP contribution in [0.4, 0.5) is 5.82 Å². The lowest BCUT2D eigenvalue weighted by Gasteiger charge is -2.40. The van der Waals surface area contributed by atoms with Crippen LogP contribution in [0.2, 0.25) is 0 Å². The normalized spacial score (nSPS) is 20.2. The number of nitrogens with one attached hydrogen (secondary N) is 2. The van der Waals surface area contributed by atoms with E-state index in [0.717, 1.165) is 42.6 Å². The Hall–Kier alpha value is -4.27. The number of methoxy groups -OCH3 is 3. The highest BCUT2D eigenvalue weighted by Gasteiger charge is 2.42. The van der Waals surface area contributed by atoms with Gasteiger partial charge >= 0.3 is 0 Å². The number of nitrogens with zero attached hydrogens (tertiary/aromatic N) is 2. The Labute approximate surface area is 241 Å². The number of carbonyl (C=O) groups excluding carboxylic acids is 2. The fraction of sp³-hybridized carbons (Fsp3) is 0.406. The number of amides is 2. The molecule has 3 atom stereocenters. The van der Waals surface area contributed by atoms with E-state index in [9.17, 15) is 9.59 Å². The third-order valence-corrected chi connectivity index (χ3v) is 8.35. The Bertz CT molecular complexity index is 1400. The summed E-state index contributed by atoms with van der Waals surface area (Å²) >= 11 is 0. The number of piperidine rings is 1. The van der Waals surface area contributed by atoms with Gasteiger partial charge < -0.3 is 29.7 Å². The minimum absolute atomic E-state index is 0.0601. The molecule has 1 aromatic heterocycles. The molecule has 2 saturated heterocycles. The van der Waals surface area contributed by atoms with Crippen LogP contribution in [-0.2, 0) is 0 Å². The summed E-state index contributed by atoms with van der Waals surface area (Å²) in [6, 6.07) is 15.4. The van der Waals surface area contributed by atoms with Crippen molar-refractivity contribution in [2.45, 2.75) is 63.7 Å². The first-order valence-corrected chi connectivity index (χ1v) is 14.0. The molecule has 2 aliphatic rings. The first kappa shape index (κ1) is 28.3. The number of fused-ring (bicyclic) bond motifs is 2. The molecule has 9 nitrogen and oxygen atoms in total. The highest BCUT2D eigenvalue weighted by Crippen LogP contribution is 2.39. The van der Waals surface area contributed by atoms with Crippen LogP contribution in [0, 0.1) is 6.92 Å². The van der Waals surface area contributed by atoms with E-state index in [4.69, 9.17) is 14.2 Å². The van der Waals surface area contributed by atoms with Crippen molar-refractivity contribution >= 4 is 17.6 Å². The summed E-state index contributed by atoms with van der Waals surface area (Å²) in [4.78, 5) is 33.1. The number of pyridine rings is 1. The van der Waals surface area contributed by atoms with Crippen LogP contribution < -0.4 is 29.7 Å². The molecule has 3 heterocycles. The standard InChI is InChI=1S/C32H38N4O5/c1-19-26(7-6-8-27(19)39-3)32(38)35-23-16-24-11-12-25(17-23)36(24)30-14-10-22(18-33-30)31(37)34-20(2)21-9-13-28(40-4)29(15-21)41-5/h6-10,13-15,18,20,23-25H,11-12,16-17H2,1-5H3,(H,34,37)(H,35,38). The maximum atomic E-state index is 13.1. The van der Waals surface area contributed by atoms with Gasteiger partial charge in [-0.05, 0) is 81.5 Å². The monoisotopic (exact) mass is 558 g/mol. The van der Waals surface area contributed by atoms with Crippen molar-refractivity contribution in [2.24, 2.45) is 0 Å². The van der Waals surface area contributed by atoms with Crippen LogP contribution in [0.5, 0.6) is 17.2 Å². The summed E-state index contributed by atoms with van der Waals surface area (Å²) in [5, 5.41) is 6.30. The van der Waals surface area contributed by atoms with Gasteiger partial charge in [0, 0.05) is 35.4 Å². The molecule has 2 amide bonds. The topological polar surface area (TPSA) is 102 Å². The second-order valence-corrected chi connectivity index (χ2v) is 10.8. The summed E-state index contributed by atoms with van der Waals surface area (Å²) in [5.41, 5.74) is 2.91. The molecule has 216 valence electrons. The minimum Gasteiger partial charge on any atom is -0.496 e. The average Bonchev–Trinajstić information content (AvgIpc) is 3.26. The third-order valence-electron chi connectivity index (χ3n) is 8.35. The Morgan fingerprint density at radius 2 is 1.61 bits per heavy atom. The highest BCUT2D eigenvalue weighted by atomic mass is 16.5. The summed E-state index contributed by atoms with van der Waals surface area (Å²) < 4.78 is 16.1. The van der Waals surface area contributed by atoms with Gasteiger partial charge in [0.25, 0.3) is 11.8 Å². The van der Waals surface area contributed by atoms with Gasteiger partial charge in [0.15, 0.2) is 11.5 Å². The first-order valence-electron chi connectivity index (χ1n) is 14.0. The van der Waals surface area contributed by atoms with E-state index in [2.05, 4.69) is 20.5 Å². The van der Waals surface area contributed by atoms with E-state index in [-0.39, 0.29) is 23.9 Å². The molecular weight excluding hydrogens is 520 g/mol. The zero-order valence-corrected chi connectivity index (χ0v) is 24.3. The lowest BCUT2D eigenvalue weighted by atomic mass is 9.96. The molecule has 3 unspecified atom stereocenters. The summed E-state index contributed by atoms with van der Waals surface area (Å²) in [5.74, 6) is 2.59. The van der Waals surface area contributed by atoms with Crippen molar-refractivity contribution in [3.63, 3.8) is 0 Å². The van der Waals surface area contributed by atoms with Crippen molar-refractivity contribution in [1.29, 1.82) is 0 Å². The van der Waals surface area contributed by atoms with E-state index < -0.39 is 0 Å². The zero-order valence-electron chi connectivity index (χ0n) is 24.3. The van der Waals surface area contributed by atoms with Crippen molar-refractivity contribution in [3.05, 3.63) is 77.0 Å². The molecule has 2 aliphatic heterocycles. The molecule has 2 bridgehead atoms. The second-order valence-electron chi connectivity index (χ2n) is 10.8. The predicted octanol–water partition coefficient (Wildman–Crippen LogP) is 4.84. The van der Waals surface area contributed by atoms with Crippen LogP contribution in [-0.4, -0.2) is 56.3 Å². The Kier molecular flexibility index (Phi) is 8.33. The van der Waals surface area contributed by atoms with Gasteiger partial charge in [0.2, 0.25) is 0 Å². The van der Waals surface area contributed by atoms with Crippen molar-refractivity contribution in [1.82, 2.24) is 15.6 Å². The van der Waals surface area contributed by atoms with Crippen LogP contribution in [0.15, 0.2) is 54.7 Å². The second kappa shape index (κ2) is 12.1. The Balaban J connectivity index is 1.20. The number of anilines is 1. The molecule has 0 saturated carbocycles. The number of ether oxygens (including phenoxy) is 3. The molecule has 5 rings (SSSR count). The first-order chi connectivity index (χ1) is 19.8. The van der Waals surface area contributed by atoms with Crippen molar-refractivity contribution < 1.29 is 23.8 Å². The number of benzene rings is 2. The van der Waals surface area contributed by atoms with Gasteiger partial charge in [-0.1, -0.05) is 12.1 Å². The third kappa shape index (κ3) is 5.80. The predicted molar refractivity (Wildman–Crippen MR) is 157 cm³/mol. The van der Waals surface area contributed by atoms with Gasteiger partial charge in [-0.15, -0.1) is 0 Å². The van der Waals surface area contributed by atoms with Gasteiger partial charge in [0.05, 0.1) is 32.9 Å². The summed E-state index contributed by atoms with van der Waals surface area (Å²) in [6.07, 6.45) is 5.48. The molecule has 2 fully saturated rings. The molecule has 2 aromatic carbocycles. The number of hydrogen-bond donors (Lipinski definition) is 2. The molecule has 9 heteroatoms. The number of aromatic nitrogens is 1. The molecule has 3 aromatic rings. The summed E-state index contributed by atoms with van der Waals surface area (Å²) in [6.45, 7) is 3.84. The van der Waals surface area contributed by atoms with Crippen molar-refractivity contribution in [2.75, 3.05) is 26.2 Å². The zero-order chi connectivity index (χ0) is 29.1. The van der Waals surface area contributed by atoms with E-state index in [0.29, 0.717) is 40.5 Å². The Morgan fingerprint density at radius 3 is 2.24 bits per heavy atom. The number of hydrogen-bond acceptors (Lipinski definition) is 7. The smallest absolute Gasteiger partial charge is 0.253 e. The minimum atomic E-state index is -0.229. The molecule has 0 aliphatic carbocycles. The quantitative estimate of drug-likeness (QED) is 0.388. The largest absolute Gasteiger partial charge is 0.496 e. The highest BCUT2D eigenvalue weighted by molar-refractivity contribution is 5.96.